The van der Waals surface area contributed by atoms with Crippen molar-refractivity contribution < 1.29 is 4.92 Å². The van der Waals surface area contributed by atoms with E-state index in [0.29, 0.717) is 22.2 Å². The van der Waals surface area contributed by atoms with E-state index in [-0.39, 0.29) is 5.69 Å². The van der Waals surface area contributed by atoms with Crippen LogP contribution in [0.15, 0.2) is 90.5 Å². The quantitative estimate of drug-likeness (QED) is 0.146. The summed E-state index contributed by atoms with van der Waals surface area (Å²) in [5.41, 5.74) is 10.0. The van der Waals surface area contributed by atoms with Crippen LogP contribution in [0.2, 0.25) is 16.6 Å². The third-order valence-corrected chi connectivity index (χ3v) is 13.3. The van der Waals surface area contributed by atoms with E-state index in [1.807, 2.05) is 36.4 Å². The third-order valence-electron chi connectivity index (χ3n) is 7.05. The van der Waals surface area contributed by atoms with Gasteiger partial charge >= 0.3 is 0 Å². The lowest BCUT2D eigenvalue weighted by Gasteiger charge is -2.38. The first-order valence-corrected chi connectivity index (χ1v) is 15.0. The average Bonchev–Trinajstić information content (AvgIpc) is 2.88. The maximum absolute atomic E-state index is 11.1. The van der Waals surface area contributed by atoms with Gasteiger partial charge in [-0.15, -0.1) is 5.54 Å². The molecule has 0 fully saturated rings. The fraction of sp³-hybridized carbons (Fsp3) is 0.273. The summed E-state index contributed by atoms with van der Waals surface area (Å²) in [5.74, 6) is 10.2. The molecule has 37 heavy (non-hydrogen) atoms. The number of nitro benzene ring substituents is 1. The Kier molecular flexibility index (Phi) is 9.29. The average molecular weight is 506 g/mol. The molecule has 0 amide bonds. The summed E-state index contributed by atoms with van der Waals surface area (Å²) in [5, 5.41) is 11.1. The Bertz CT molecular complexity index is 1300. The van der Waals surface area contributed by atoms with Crippen molar-refractivity contribution >= 4 is 19.3 Å². The van der Waals surface area contributed by atoms with Crippen LogP contribution >= 0.6 is 0 Å². The summed E-state index contributed by atoms with van der Waals surface area (Å²) in [6.45, 7) is 13.8. The summed E-state index contributed by atoms with van der Waals surface area (Å²) in [7, 11) is -2.00. The lowest BCUT2D eigenvalue weighted by atomic mass is 9.93. The van der Waals surface area contributed by atoms with Gasteiger partial charge in [0.15, 0.2) is 0 Å². The van der Waals surface area contributed by atoms with Crippen molar-refractivity contribution in [1.82, 2.24) is 0 Å². The Labute approximate surface area is 222 Å². The van der Waals surface area contributed by atoms with Crippen molar-refractivity contribution in [2.45, 2.75) is 58.2 Å². The summed E-state index contributed by atoms with van der Waals surface area (Å²) < 4.78 is 0. The molecule has 0 aliphatic carbocycles. The Balaban J connectivity index is 2.33. The fourth-order valence-electron chi connectivity index (χ4n) is 5.23. The molecular formula is C33H35NO2Si. The van der Waals surface area contributed by atoms with Crippen LogP contribution in [0.1, 0.15) is 58.2 Å². The molecule has 0 saturated heterocycles. The minimum absolute atomic E-state index is 0.0527. The zero-order chi connectivity index (χ0) is 27.0. The molecule has 3 aromatic carbocycles. The molecule has 0 spiro atoms. The first kappa shape index (κ1) is 27.7. The first-order chi connectivity index (χ1) is 17.7. The highest BCUT2D eigenvalue weighted by Crippen LogP contribution is 2.41. The number of non-ortho nitro benzene ring substituents is 1. The smallest absolute Gasteiger partial charge is 0.258 e. The predicted molar refractivity (Wildman–Crippen MR) is 158 cm³/mol. The van der Waals surface area contributed by atoms with Crippen molar-refractivity contribution in [3.05, 3.63) is 117 Å². The number of nitrogens with zero attached hydrogens (tertiary/aromatic N) is 1. The third kappa shape index (κ3) is 6.48. The van der Waals surface area contributed by atoms with Crippen molar-refractivity contribution in [2.75, 3.05) is 0 Å². The monoisotopic (exact) mass is 505 g/mol. The second-order valence-electron chi connectivity index (χ2n) is 10.2. The minimum atomic E-state index is -2.00. The van der Waals surface area contributed by atoms with E-state index in [2.05, 4.69) is 89.1 Å². The molecule has 0 bridgehead atoms. The number of nitro groups is 1. The molecule has 0 atom stereocenters. The van der Waals surface area contributed by atoms with Gasteiger partial charge in [0, 0.05) is 23.3 Å². The summed E-state index contributed by atoms with van der Waals surface area (Å²) in [6, 6.07) is 26.9. The minimum Gasteiger partial charge on any atom is -0.258 e. The maximum Gasteiger partial charge on any atom is 0.269 e. The van der Waals surface area contributed by atoms with Gasteiger partial charge in [0.1, 0.15) is 8.07 Å². The molecular weight excluding hydrogens is 470 g/mol. The molecule has 3 nitrogen and oxygen atoms in total. The fourth-order valence-corrected chi connectivity index (χ4v) is 10.4. The number of hydrogen-bond donors (Lipinski definition) is 0. The zero-order valence-electron chi connectivity index (χ0n) is 22.6. The van der Waals surface area contributed by atoms with Gasteiger partial charge in [0.2, 0.25) is 0 Å². The molecule has 0 saturated carbocycles. The van der Waals surface area contributed by atoms with Gasteiger partial charge < -0.3 is 0 Å². The van der Waals surface area contributed by atoms with Crippen LogP contribution in [-0.4, -0.2) is 13.0 Å². The first-order valence-electron chi connectivity index (χ1n) is 12.8. The molecule has 0 aliphatic heterocycles. The van der Waals surface area contributed by atoms with E-state index >= 15 is 0 Å². The van der Waals surface area contributed by atoms with Crippen LogP contribution < -0.4 is 0 Å². The number of benzene rings is 3. The molecule has 188 valence electrons. The molecule has 0 unspecified atom stereocenters. The van der Waals surface area contributed by atoms with Gasteiger partial charge in [-0.1, -0.05) is 120 Å². The van der Waals surface area contributed by atoms with Crippen molar-refractivity contribution in [3.63, 3.8) is 0 Å². The van der Waals surface area contributed by atoms with Gasteiger partial charge in [-0.25, -0.2) is 0 Å². The number of hydrogen-bond acceptors (Lipinski definition) is 2. The summed E-state index contributed by atoms with van der Waals surface area (Å²) in [4.78, 5) is 10.7. The SMILES string of the molecule is CC(C)[Si](C#CC(C#Cc1ccc([N+](=O)[O-])cc1)=C(c1ccccc1)c1ccccc1)(C(C)C)C(C)C. The number of allylic oxidation sites excluding steroid dienone is 1. The van der Waals surface area contributed by atoms with Crippen molar-refractivity contribution in [1.29, 1.82) is 0 Å². The van der Waals surface area contributed by atoms with Crippen LogP contribution in [-0.2, 0) is 0 Å². The van der Waals surface area contributed by atoms with Crippen LogP contribution in [0.25, 0.3) is 5.57 Å². The van der Waals surface area contributed by atoms with Crippen LogP contribution in [0.4, 0.5) is 5.69 Å². The van der Waals surface area contributed by atoms with Gasteiger partial charge in [0.05, 0.1) is 10.5 Å². The van der Waals surface area contributed by atoms with E-state index in [1.165, 1.54) is 12.1 Å². The largest absolute Gasteiger partial charge is 0.269 e. The Morgan fingerprint density at radius 1 is 0.703 bits per heavy atom. The standard InChI is InChI=1S/C33H35NO2Si/c1-25(2)37(26(3)4,27(5)6)24-23-31(20-17-28-18-21-32(22-19-28)34(35)36)33(29-13-9-7-10-14-29)30-15-11-8-12-16-30/h7-16,18-19,21-22,25-27H,1-6H3. The maximum atomic E-state index is 11.1. The summed E-state index contributed by atoms with van der Waals surface area (Å²) >= 11 is 0. The molecule has 4 heteroatoms. The number of rotatable bonds is 6. The predicted octanol–water partition coefficient (Wildman–Crippen LogP) is 8.67. The van der Waals surface area contributed by atoms with Gasteiger partial charge in [0.25, 0.3) is 5.69 Å². The van der Waals surface area contributed by atoms with E-state index in [4.69, 9.17) is 0 Å². The Hall–Kier alpha value is -3.86. The van der Waals surface area contributed by atoms with Gasteiger partial charge in [-0.2, -0.15) is 0 Å². The van der Waals surface area contributed by atoms with Crippen molar-refractivity contribution in [2.24, 2.45) is 0 Å². The lowest BCUT2D eigenvalue weighted by Crippen LogP contribution is -2.43. The topological polar surface area (TPSA) is 43.1 Å². The Morgan fingerprint density at radius 2 is 1.16 bits per heavy atom. The molecule has 0 radical (unpaired) electrons. The van der Waals surface area contributed by atoms with E-state index in [9.17, 15) is 10.1 Å². The Morgan fingerprint density at radius 3 is 1.57 bits per heavy atom. The zero-order valence-corrected chi connectivity index (χ0v) is 23.6. The molecule has 0 aliphatic rings. The highest BCUT2D eigenvalue weighted by molar-refractivity contribution is 6.90. The second kappa shape index (κ2) is 12.4. The van der Waals surface area contributed by atoms with E-state index in [0.717, 1.165) is 22.3 Å². The second-order valence-corrected chi connectivity index (χ2v) is 15.8. The molecule has 0 N–H and O–H groups in total. The van der Waals surface area contributed by atoms with Gasteiger partial charge in [-0.05, 0) is 39.9 Å². The van der Waals surface area contributed by atoms with Crippen molar-refractivity contribution in [3.8, 4) is 23.3 Å². The van der Waals surface area contributed by atoms with Gasteiger partial charge in [-0.3, -0.25) is 10.1 Å². The van der Waals surface area contributed by atoms with E-state index < -0.39 is 13.0 Å². The highest BCUT2D eigenvalue weighted by atomic mass is 28.3. The lowest BCUT2D eigenvalue weighted by molar-refractivity contribution is -0.384. The van der Waals surface area contributed by atoms with Crippen LogP contribution in [0.3, 0.4) is 0 Å². The molecule has 0 heterocycles. The summed E-state index contributed by atoms with van der Waals surface area (Å²) in [6.07, 6.45) is 0. The van der Waals surface area contributed by atoms with Crippen LogP contribution in [0.5, 0.6) is 0 Å². The molecule has 0 aromatic heterocycles. The van der Waals surface area contributed by atoms with Crippen LogP contribution in [0, 0.1) is 33.4 Å². The van der Waals surface area contributed by atoms with E-state index in [1.54, 1.807) is 12.1 Å². The normalized spacial score (nSPS) is 10.9. The molecule has 3 rings (SSSR count). The highest BCUT2D eigenvalue weighted by Gasteiger charge is 2.41. The molecule has 3 aromatic rings.